The quantitative estimate of drug-likeness (QED) is 0.893. The standard InChI is InChI=1S/C17H17BrO3/c1-10-8-14(18)11(2)7-13(10)17(19)12-3-4-15-16(9-12)21-6-5-20-15/h3-4,7-9,17,19H,5-6H2,1-2H3. The summed E-state index contributed by atoms with van der Waals surface area (Å²) in [6, 6.07) is 9.64. The second kappa shape index (κ2) is 5.70. The van der Waals surface area contributed by atoms with E-state index in [1.54, 1.807) is 0 Å². The van der Waals surface area contributed by atoms with Crippen molar-refractivity contribution in [3.63, 3.8) is 0 Å². The van der Waals surface area contributed by atoms with Gasteiger partial charge in [-0.25, -0.2) is 0 Å². The van der Waals surface area contributed by atoms with Crippen molar-refractivity contribution in [3.8, 4) is 11.5 Å². The average Bonchev–Trinajstić information content (AvgIpc) is 2.50. The van der Waals surface area contributed by atoms with Gasteiger partial charge in [0.05, 0.1) is 0 Å². The van der Waals surface area contributed by atoms with Gasteiger partial charge in [-0.05, 0) is 54.3 Å². The summed E-state index contributed by atoms with van der Waals surface area (Å²) in [6.07, 6.45) is -0.673. The lowest BCUT2D eigenvalue weighted by atomic mass is 9.95. The number of benzene rings is 2. The lowest BCUT2D eigenvalue weighted by Gasteiger charge is -2.21. The molecule has 1 aliphatic heterocycles. The van der Waals surface area contributed by atoms with E-state index in [9.17, 15) is 5.11 Å². The molecule has 2 aromatic carbocycles. The zero-order valence-electron chi connectivity index (χ0n) is 12.0. The summed E-state index contributed by atoms with van der Waals surface area (Å²) in [5.74, 6) is 1.44. The minimum absolute atomic E-state index is 0.545. The van der Waals surface area contributed by atoms with Crippen molar-refractivity contribution in [2.24, 2.45) is 0 Å². The molecule has 0 radical (unpaired) electrons. The number of aliphatic hydroxyl groups excluding tert-OH is 1. The van der Waals surface area contributed by atoms with E-state index in [2.05, 4.69) is 15.9 Å². The van der Waals surface area contributed by atoms with Crippen molar-refractivity contribution in [3.05, 3.63) is 57.1 Å². The van der Waals surface area contributed by atoms with Gasteiger partial charge in [-0.1, -0.05) is 28.1 Å². The number of hydrogen-bond donors (Lipinski definition) is 1. The van der Waals surface area contributed by atoms with Crippen molar-refractivity contribution in [1.29, 1.82) is 0 Å². The van der Waals surface area contributed by atoms with Gasteiger partial charge in [-0.15, -0.1) is 0 Å². The Labute approximate surface area is 132 Å². The first-order valence-electron chi connectivity index (χ1n) is 6.90. The Hall–Kier alpha value is -1.52. The van der Waals surface area contributed by atoms with Crippen molar-refractivity contribution in [2.75, 3.05) is 13.2 Å². The highest BCUT2D eigenvalue weighted by Gasteiger charge is 2.18. The topological polar surface area (TPSA) is 38.7 Å². The van der Waals surface area contributed by atoms with E-state index >= 15 is 0 Å². The molecule has 0 bridgehead atoms. The third-order valence-electron chi connectivity index (χ3n) is 3.72. The maximum absolute atomic E-state index is 10.7. The Morgan fingerprint density at radius 3 is 2.48 bits per heavy atom. The highest BCUT2D eigenvalue weighted by molar-refractivity contribution is 9.10. The lowest BCUT2D eigenvalue weighted by Crippen LogP contribution is -2.15. The Balaban J connectivity index is 1.98. The van der Waals surface area contributed by atoms with E-state index in [-0.39, 0.29) is 0 Å². The molecule has 1 heterocycles. The van der Waals surface area contributed by atoms with Crippen LogP contribution in [0.25, 0.3) is 0 Å². The zero-order chi connectivity index (χ0) is 15.0. The fraction of sp³-hybridized carbons (Fsp3) is 0.294. The smallest absolute Gasteiger partial charge is 0.161 e. The van der Waals surface area contributed by atoms with Crippen LogP contribution >= 0.6 is 15.9 Å². The van der Waals surface area contributed by atoms with Crippen molar-refractivity contribution < 1.29 is 14.6 Å². The Bertz CT molecular complexity index is 682. The Kier molecular flexibility index (Phi) is 3.91. The summed E-state index contributed by atoms with van der Waals surface area (Å²) in [5.41, 5.74) is 3.87. The molecule has 2 aromatic rings. The molecule has 0 fully saturated rings. The second-order valence-electron chi connectivity index (χ2n) is 5.26. The lowest BCUT2D eigenvalue weighted by molar-refractivity contribution is 0.169. The zero-order valence-corrected chi connectivity index (χ0v) is 13.6. The van der Waals surface area contributed by atoms with Gasteiger partial charge < -0.3 is 14.6 Å². The summed E-state index contributed by atoms with van der Waals surface area (Å²) in [6.45, 7) is 5.13. The molecule has 1 unspecified atom stereocenters. The van der Waals surface area contributed by atoms with Crippen molar-refractivity contribution >= 4 is 15.9 Å². The van der Waals surface area contributed by atoms with E-state index in [0.29, 0.717) is 19.0 Å². The van der Waals surface area contributed by atoms with Crippen LogP contribution in [-0.4, -0.2) is 18.3 Å². The molecule has 110 valence electrons. The molecule has 3 nitrogen and oxygen atoms in total. The maximum Gasteiger partial charge on any atom is 0.161 e. The van der Waals surface area contributed by atoms with Crippen LogP contribution in [0.2, 0.25) is 0 Å². The van der Waals surface area contributed by atoms with Crippen LogP contribution in [0, 0.1) is 13.8 Å². The molecule has 0 aliphatic carbocycles. The van der Waals surface area contributed by atoms with Gasteiger partial charge in [0.1, 0.15) is 19.3 Å². The molecule has 4 heteroatoms. The first-order valence-corrected chi connectivity index (χ1v) is 7.70. The number of ether oxygens (including phenoxy) is 2. The Morgan fingerprint density at radius 2 is 1.71 bits per heavy atom. The molecule has 21 heavy (non-hydrogen) atoms. The molecule has 0 aromatic heterocycles. The molecule has 3 rings (SSSR count). The fourth-order valence-corrected chi connectivity index (χ4v) is 2.97. The Morgan fingerprint density at radius 1 is 1.00 bits per heavy atom. The van der Waals surface area contributed by atoms with Crippen LogP contribution in [0.15, 0.2) is 34.8 Å². The van der Waals surface area contributed by atoms with Crippen LogP contribution in [0.3, 0.4) is 0 Å². The molecule has 0 spiro atoms. The van der Waals surface area contributed by atoms with E-state index in [0.717, 1.165) is 32.5 Å². The van der Waals surface area contributed by atoms with Gasteiger partial charge in [-0.3, -0.25) is 0 Å². The van der Waals surface area contributed by atoms with Gasteiger partial charge in [0.25, 0.3) is 0 Å². The minimum Gasteiger partial charge on any atom is -0.486 e. The van der Waals surface area contributed by atoms with E-state index in [1.807, 2.05) is 44.2 Å². The van der Waals surface area contributed by atoms with Gasteiger partial charge in [0.15, 0.2) is 11.5 Å². The average molecular weight is 349 g/mol. The van der Waals surface area contributed by atoms with Crippen LogP contribution in [-0.2, 0) is 0 Å². The molecule has 1 aliphatic rings. The van der Waals surface area contributed by atoms with Crippen LogP contribution in [0.5, 0.6) is 11.5 Å². The predicted molar refractivity (Wildman–Crippen MR) is 85.1 cm³/mol. The van der Waals surface area contributed by atoms with E-state index in [1.165, 1.54) is 0 Å². The minimum atomic E-state index is -0.673. The number of hydrogen-bond acceptors (Lipinski definition) is 3. The van der Waals surface area contributed by atoms with E-state index < -0.39 is 6.10 Å². The van der Waals surface area contributed by atoms with Gasteiger partial charge in [0, 0.05) is 4.47 Å². The van der Waals surface area contributed by atoms with Crippen molar-refractivity contribution in [1.82, 2.24) is 0 Å². The normalized spacial score (nSPS) is 14.9. The molecular weight excluding hydrogens is 332 g/mol. The SMILES string of the molecule is Cc1cc(C(O)c2ccc3c(c2)OCCO3)c(C)cc1Br. The number of halogens is 1. The summed E-state index contributed by atoms with van der Waals surface area (Å²) < 4.78 is 12.1. The van der Waals surface area contributed by atoms with Crippen molar-refractivity contribution in [2.45, 2.75) is 20.0 Å². The molecule has 1 atom stereocenters. The van der Waals surface area contributed by atoms with Gasteiger partial charge in [0.2, 0.25) is 0 Å². The summed E-state index contributed by atoms with van der Waals surface area (Å²) >= 11 is 3.52. The molecule has 0 saturated carbocycles. The monoisotopic (exact) mass is 348 g/mol. The van der Waals surface area contributed by atoms with Crippen LogP contribution in [0.4, 0.5) is 0 Å². The first kappa shape index (κ1) is 14.4. The largest absolute Gasteiger partial charge is 0.486 e. The summed E-state index contributed by atoms with van der Waals surface area (Å²) in [5, 5.41) is 10.7. The summed E-state index contributed by atoms with van der Waals surface area (Å²) in [7, 11) is 0. The van der Waals surface area contributed by atoms with Crippen LogP contribution in [0.1, 0.15) is 28.4 Å². The second-order valence-corrected chi connectivity index (χ2v) is 6.12. The van der Waals surface area contributed by atoms with Gasteiger partial charge in [-0.2, -0.15) is 0 Å². The molecule has 1 N–H and O–H groups in total. The number of aryl methyl sites for hydroxylation is 2. The third kappa shape index (κ3) is 2.78. The predicted octanol–water partition coefficient (Wildman–Crippen LogP) is 3.92. The van der Waals surface area contributed by atoms with E-state index in [4.69, 9.17) is 9.47 Å². The fourth-order valence-electron chi connectivity index (χ4n) is 2.51. The number of fused-ring (bicyclic) bond motifs is 1. The molecular formula is C17H17BrO3. The third-order valence-corrected chi connectivity index (χ3v) is 4.58. The molecule has 0 saturated heterocycles. The highest BCUT2D eigenvalue weighted by Crippen LogP contribution is 2.35. The first-order chi connectivity index (χ1) is 10.1. The summed E-state index contributed by atoms with van der Waals surface area (Å²) in [4.78, 5) is 0. The number of aliphatic hydroxyl groups is 1. The highest BCUT2D eigenvalue weighted by atomic mass is 79.9. The molecule has 0 amide bonds. The maximum atomic E-state index is 10.7. The van der Waals surface area contributed by atoms with Crippen LogP contribution < -0.4 is 9.47 Å². The number of rotatable bonds is 2. The van der Waals surface area contributed by atoms with Gasteiger partial charge >= 0.3 is 0 Å².